The predicted octanol–water partition coefficient (Wildman–Crippen LogP) is 1.56. The maximum absolute atomic E-state index is 11.2. The lowest BCUT2D eigenvalue weighted by Gasteiger charge is -2.23. The number of anilines is 1. The Morgan fingerprint density at radius 2 is 1.90 bits per heavy atom. The summed E-state index contributed by atoms with van der Waals surface area (Å²) in [4.78, 5) is 17.3. The molecular formula is C14H22N2O4S. The number of pyridine rings is 1. The molecule has 6 nitrogen and oxygen atoms in total. The molecule has 0 unspecified atom stereocenters. The Balaban J connectivity index is 3.16. The molecule has 1 aromatic heterocycles. The first-order chi connectivity index (χ1) is 9.40. The Labute approximate surface area is 125 Å². The summed E-state index contributed by atoms with van der Waals surface area (Å²) in [5.74, 6) is -0.572. The van der Waals surface area contributed by atoms with Crippen LogP contribution in [0.25, 0.3) is 0 Å². The summed E-state index contributed by atoms with van der Waals surface area (Å²) in [6.07, 6.45) is 1.17. The highest BCUT2D eigenvalue weighted by atomic mass is 32.2. The number of rotatable bonds is 5. The molecule has 0 spiro atoms. The monoisotopic (exact) mass is 314 g/mol. The van der Waals surface area contributed by atoms with Gasteiger partial charge in [0.15, 0.2) is 0 Å². The van der Waals surface area contributed by atoms with Gasteiger partial charge in [0.05, 0.1) is 11.3 Å². The first-order valence-electron chi connectivity index (χ1n) is 6.55. The second kappa shape index (κ2) is 6.01. The smallest absolute Gasteiger partial charge is 0.335 e. The number of carbonyl (C=O) groups is 1. The molecule has 0 saturated heterocycles. The van der Waals surface area contributed by atoms with Crippen molar-refractivity contribution in [1.82, 2.24) is 4.98 Å². The summed E-state index contributed by atoms with van der Waals surface area (Å²) in [7, 11) is -1.38. The van der Waals surface area contributed by atoms with Crippen molar-refractivity contribution in [2.75, 3.05) is 30.5 Å². The summed E-state index contributed by atoms with van der Waals surface area (Å²) in [6.45, 7) is 6.10. The lowest BCUT2D eigenvalue weighted by atomic mass is 9.90. The van der Waals surface area contributed by atoms with Gasteiger partial charge < -0.3 is 10.0 Å². The number of carboxylic acid groups (broad SMARTS) is 1. The van der Waals surface area contributed by atoms with E-state index in [1.54, 1.807) is 18.0 Å². The molecule has 1 heterocycles. The van der Waals surface area contributed by atoms with Gasteiger partial charge in [0, 0.05) is 31.0 Å². The number of aromatic carboxylic acids is 1. The summed E-state index contributed by atoms with van der Waals surface area (Å²) in [6, 6.07) is 3.01. The molecule has 0 fully saturated rings. The van der Waals surface area contributed by atoms with Crippen molar-refractivity contribution in [1.29, 1.82) is 0 Å². The van der Waals surface area contributed by atoms with E-state index < -0.39 is 15.8 Å². The zero-order valence-corrected chi connectivity index (χ0v) is 13.9. The molecule has 0 aliphatic rings. The van der Waals surface area contributed by atoms with Crippen molar-refractivity contribution in [3.63, 3.8) is 0 Å². The lowest BCUT2D eigenvalue weighted by Crippen LogP contribution is -2.27. The second-order valence-electron chi connectivity index (χ2n) is 6.21. The van der Waals surface area contributed by atoms with Gasteiger partial charge in [-0.2, -0.15) is 0 Å². The zero-order valence-electron chi connectivity index (χ0n) is 13.0. The highest BCUT2D eigenvalue weighted by Gasteiger charge is 2.20. The second-order valence-corrected chi connectivity index (χ2v) is 8.47. The molecule has 0 aliphatic carbocycles. The van der Waals surface area contributed by atoms with Crippen LogP contribution in [0.1, 0.15) is 36.8 Å². The molecule has 0 radical (unpaired) electrons. The molecule has 1 rings (SSSR count). The topological polar surface area (TPSA) is 87.6 Å². The minimum absolute atomic E-state index is 0.00662. The van der Waals surface area contributed by atoms with E-state index in [-0.39, 0.29) is 23.3 Å². The van der Waals surface area contributed by atoms with Gasteiger partial charge in [-0.15, -0.1) is 0 Å². The molecule has 0 saturated carbocycles. The van der Waals surface area contributed by atoms with Gasteiger partial charge in [0.25, 0.3) is 0 Å². The fourth-order valence-electron chi connectivity index (χ4n) is 1.64. The summed E-state index contributed by atoms with van der Waals surface area (Å²) < 4.78 is 22.5. The van der Waals surface area contributed by atoms with E-state index in [0.29, 0.717) is 11.5 Å². The van der Waals surface area contributed by atoms with Crippen molar-refractivity contribution >= 4 is 21.6 Å². The van der Waals surface area contributed by atoms with E-state index in [0.717, 1.165) is 0 Å². The summed E-state index contributed by atoms with van der Waals surface area (Å²) in [5.41, 5.74) is 0.512. The molecule has 1 aromatic rings. The third-order valence-corrected chi connectivity index (χ3v) is 3.94. The molecule has 21 heavy (non-hydrogen) atoms. The Bertz CT molecular complexity index is 633. The molecule has 1 N–H and O–H groups in total. The predicted molar refractivity (Wildman–Crippen MR) is 82.9 cm³/mol. The largest absolute Gasteiger partial charge is 0.478 e. The fraction of sp³-hybridized carbons (Fsp3) is 0.571. The summed E-state index contributed by atoms with van der Waals surface area (Å²) >= 11 is 0. The first-order valence-corrected chi connectivity index (χ1v) is 8.61. The highest BCUT2D eigenvalue weighted by molar-refractivity contribution is 7.90. The van der Waals surface area contributed by atoms with Gasteiger partial charge in [0.1, 0.15) is 15.7 Å². The third kappa shape index (κ3) is 5.34. The van der Waals surface area contributed by atoms with Crippen LogP contribution in [-0.4, -0.2) is 50.1 Å². The molecule has 0 aromatic carbocycles. The molecule has 0 aliphatic heterocycles. The van der Waals surface area contributed by atoms with Gasteiger partial charge in [-0.1, -0.05) is 20.8 Å². The molecule has 7 heteroatoms. The molecule has 118 valence electrons. The number of hydrogen-bond acceptors (Lipinski definition) is 5. The average Bonchev–Trinajstić information content (AvgIpc) is 2.33. The van der Waals surface area contributed by atoms with Crippen molar-refractivity contribution < 1.29 is 18.3 Å². The van der Waals surface area contributed by atoms with E-state index in [2.05, 4.69) is 4.98 Å². The van der Waals surface area contributed by atoms with Crippen molar-refractivity contribution in [2.45, 2.75) is 26.2 Å². The van der Waals surface area contributed by atoms with Gasteiger partial charge in [-0.3, -0.25) is 0 Å². The minimum atomic E-state index is -3.08. The van der Waals surface area contributed by atoms with Crippen LogP contribution < -0.4 is 4.90 Å². The van der Waals surface area contributed by atoms with Crippen molar-refractivity contribution in [2.24, 2.45) is 0 Å². The van der Waals surface area contributed by atoms with E-state index in [1.165, 1.54) is 12.3 Å². The van der Waals surface area contributed by atoms with E-state index in [4.69, 9.17) is 0 Å². The Morgan fingerprint density at radius 3 is 2.33 bits per heavy atom. The first kappa shape index (κ1) is 17.4. The molecular weight excluding hydrogens is 292 g/mol. The summed E-state index contributed by atoms with van der Waals surface area (Å²) in [5, 5.41) is 9.20. The number of aromatic nitrogens is 1. The van der Waals surface area contributed by atoms with Crippen LogP contribution in [0.3, 0.4) is 0 Å². The average molecular weight is 314 g/mol. The number of sulfone groups is 1. The number of hydrogen-bond donors (Lipinski definition) is 1. The van der Waals surface area contributed by atoms with Crippen LogP contribution >= 0.6 is 0 Å². The van der Waals surface area contributed by atoms with Crippen molar-refractivity contribution in [3.05, 3.63) is 23.4 Å². The fourth-order valence-corrected chi connectivity index (χ4v) is 2.24. The SMILES string of the molecule is CN(CCS(C)(=O)=O)c1cc(C(=O)O)cc(C(C)(C)C)n1. The van der Waals surface area contributed by atoms with Crippen LogP contribution in [0.15, 0.2) is 12.1 Å². The Kier molecular flexibility index (Phi) is 4.99. The van der Waals surface area contributed by atoms with Crippen LogP contribution in [-0.2, 0) is 15.3 Å². The van der Waals surface area contributed by atoms with Crippen LogP contribution in [0.2, 0.25) is 0 Å². The van der Waals surface area contributed by atoms with Crippen LogP contribution in [0, 0.1) is 0 Å². The van der Waals surface area contributed by atoms with Crippen LogP contribution in [0.4, 0.5) is 5.82 Å². The van der Waals surface area contributed by atoms with E-state index >= 15 is 0 Å². The molecule has 0 amide bonds. The van der Waals surface area contributed by atoms with Gasteiger partial charge in [-0.25, -0.2) is 18.2 Å². The normalized spacial score (nSPS) is 12.2. The van der Waals surface area contributed by atoms with Crippen molar-refractivity contribution in [3.8, 4) is 0 Å². The molecule has 0 bridgehead atoms. The van der Waals surface area contributed by atoms with E-state index in [1.807, 2.05) is 20.8 Å². The quantitative estimate of drug-likeness (QED) is 0.887. The third-order valence-electron chi connectivity index (χ3n) is 3.02. The van der Waals surface area contributed by atoms with Gasteiger partial charge in [0.2, 0.25) is 0 Å². The zero-order chi connectivity index (χ0) is 16.4. The standard InChI is InChI=1S/C14H22N2O4S/c1-14(2,3)11-8-10(13(17)18)9-12(15-11)16(4)6-7-21(5,19)20/h8-9H,6-7H2,1-5H3,(H,17,18). The number of nitrogens with zero attached hydrogens (tertiary/aromatic N) is 2. The maximum atomic E-state index is 11.2. The van der Waals surface area contributed by atoms with Crippen LogP contribution in [0.5, 0.6) is 0 Å². The lowest BCUT2D eigenvalue weighted by molar-refractivity contribution is 0.0696. The van der Waals surface area contributed by atoms with Gasteiger partial charge >= 0.3 is 5.97 Å². The Morgan fingerprint density at radius 1 is 1.33 bits per heavy atom. The van der Waals surface area contributed by atoms with E-state index in [9.17, 15) is 18.3 Å². The van der Waals surface area contributed by atoms with Gasteiger partial charge in [-0.05, 0) is 12.1 Å². The number of carboxylic acids is 1. The minimum Gasteiger partial charge on any atom is -0.478 e. The maximum Gasteiger partial charge on any atom is 0.335 e. The Hall–Kier alpha value is -1.63. The highest BCUT2D eigenvalue weighted by Crippen LogP contribution is 2.24. The molecule has 0 atom stereocenters.